The van der Waals surface area contributed by atoms with Crippen LogP contribution in [0.4, 0.5) is 0 Å². The predicted molar refractivity (Wildman–Crippen MR) is 80.4 cm³/mol. The van der Waals surface area contributed by atoms with Crippen molar-refractivity contribution in [1.29, 1.82) is 0 Å². The highest BCUT2D eigenvalue weighted by atomic mass is 32.1. The van der Waals surface area contributed by atoms with Crippen molar-refractivity contribution in [1.82, 2.24) is 10.6 Å². The molecule has 0 radical (unpaired) electrons. The zero-order valence-electron chi connectivity index (χ0n) is 12.3. The van der Waals surface area contributed by atoms with Crippen LogP contribution >= 0.6 is 11.3 Å². The van der Waals surface area contributed by atoms with Crippen molar-refractivity contribution in [3.63, 3.8) is 0 Å². The lowest BCUT2D eigenvalue weighted by molar-refractivity contribution is 0.174. The Hall–Kier alpha value is -0.380. The number of hydrogen-bond donors (Lipinski definition) is 2. The minimum absolute atomic E-state index is 0.339. The van der Waals surface area contributed by atoms with E-state index < -0.39 is 0 Å². The van der Waals surface area contributed by atoms with Gasteiger partial charge >= 0.3 is 0 Å². The maximum Gasteiger partial charge on any atom is 0.0305 e. The summed E-state index contributed by atoms with van der Waals surface area (Å²) in [5.74, 6) is 0. The van der Waals surface area contributed by atoms with E-state index in [2.05, 4.69) is 51.3 Å². The molecule has 2 atom stereocenters. The third-order valence-electron chi connectivity index (χ3n) is 4.13. The highest BCUT2D eigenvalue weighted by Crippen LogP contribution is 2.30. The van der Waals surface area contributed by atoms with Crippen LogP contribution in [-0.4, -0.2) is 19.1 Å². The van der Waals surface area contributed by atoms with Gasteiger partial charge in [-0.2, -0.15) is 0 Å². The van der Waals surface area contributed by atoms with Gasteiger partial charge in [0.05, 0.1) is 0 Å². The summed E-state index contributed by atoms with van der Waals surface area (Å²) in [5.41, 5.74) is 1.82. The first-order valence-corrected chi connectivity index (χ1v) is 7.75. The summed E-state index contributed by atoms with van der Waals surface area (Å²) in [6, 6.07) is 3.40. The molecule has 102 valence electrons. The Morgan fingerprint density at radius 2 is 2.17 bits per heavy atom. The molecular formula is C15H26N2S. The van der Waals surface area contributed by atoms with Gasteiger partial charge in [0, 0.05) is 28.4 Å². The van der Waals surface area contributed by atoms with Gasteiger partial charge in [-0.15, -0.1) is 11.3 Å². The molecule has 1 aromatic rings. The second-order valence-electron chi connectivity index (χ2n) is 6.26. The molecule has 18 heavy (non-hydrogen) atoms. The molecule has 1 saturated heterocycles. The molecule has 0 amide bonds. The minimum atomic E-state index is 0.339. The molecule has 2 heterocycles. The van der Waals surface area contributed by atoms with Gasteiger partial charge in [-0.05, 0) is 50.8 Å². The van der Waals surface area contributed by atoms with E-state index in [1.54, 1.807) is 0 Å². The average Bonchev–Trinajstić information content (AvgIpc) is 2.61. The van der Waals surface area contributed by atoms with E-state index >= 15 is 0 Å². The number of nitrogens with one attached hydrogen (secondary N) is 2. The molecule has 1 fully saturated rings. The summed E-state index contributed by atoms with van der Waals surface area (Å²) in [5, 5.41) is 7.34. The summed E-state index contributed by atoms with van der Waals surface area (Å²) >= 11 is 1.91. The maximum absolute atomic E-state index is 3.85. The van der Waals surface area contributed by atoms with Crippen molar-refractivity contribution in [3.05, 3.63) is 21.4 Å². The molecule has 0 saturated carbocycles. The van der Waals surface area contributed by atoms with Crippen LogP contribution in [0.2, 0.25) is 0 Å². The van der Waals surface area contributed by atoms with Crippen LogP contribution in [0.5, 0.6) is 0 Å². The fraction of sp³-hybridized carbons (Fsp3) is 0.733. The van der Waals surface area contributed by atoms with Gasteiger partial charge in [0.2, 0.25) is 0 Å². The average molecular weight is 266 g/mol. The van der Waals surface area contributed by atoms with Crippen LogP contribution < -0.4 is 10.6 Å². The van der Waals surface area contributed by atoms with Gasteiger partial charge in [-0.25, -0.2) is 0 Å². The lowest BCUT2D eigenvalue weighted by Gasteiger charge is -2.41. The molecule has 1 aromatic heterocycles. The fourth-order valence-electron chi connectivity index (χ4n) is 2.95. The summed E-state index contributed by atoms with van der Waals surface area (Å²) in [4.78, 5) is 2.87. The summed E-state index contributed by atoms with van der Waals surface area (Å²) in [6.07, 6.45) is 1.22. The van der Waals surface area contributed by atoms with Gasteiger partial charge < -0.3 is 10.6 Å². The smallest absolute Gasteiger partial charge is 0.0305 e. The van der Waals surface area contributed by atoms with E-state index in [9.17, 15) is 0 Å². The first-order valence-electron chi connectivity index (χ1n) is 6.94. The van der Waals surface area contributed by atoms with Crippen LogP contribution in [0.25, 0.3) is 0 Å². The van der Waals surface area contributed by atoms with Crippen LogP contribution in [0, 0.1) is 19.3 Å². The summed E-state index contributed by atoms with van der Waals surface area (Å²) < 4.78 is 0. The van der Waals surface area contributed by atoms with E-state index in [1.807, 2.05) is 11.3 Å². The standard InChI is InChI=1S/C15H26N2S/c1-10-8-13(12(3)18-10)11(2)17-14-6-7-16-9-15(14,4)5/h8,11,14,16-17H,6-7,9H2,1-5H3. The molecule has 0 bridgehead atoms. The Balaban J connectivity index is 2.06. The molecule has 0 aliphatic carbocycles. The van der Waals surface area contributed by atoms with E-state index in [1.165, 1.54) is 21.7 Å². The second kappa shape index (κ2) is 5.32. The molecule has 2 rings (SSSR count). The predicted octanol–water partition coefficient (Wildman–Crippen LogP) is 3.40. The summed E-state index contributed by atoms with van der Waals surface area (Å²) in [7, 11) is 0. The van der Waals surface area contributed by atoms with Gasteiger partial charge in [0.25, 0.3) is 0 Å². The van der Waals surface area contributed by atoms with Crippen molar-refractivity contribution in [2.45, 2.75) is 53.1 Å². The first kappa shape index (κ1) is 14.0. The molecule has 2 N–H and O–H groups in total. The van der Waals surface area contributed by atoms with Crippen LogP contribution in [0.15, 0.2) is 6.07 Å². The third-order valence-corrected chi connectivity index (χ3v) is 5.11. The topological polar surface area (TPSA) is 24.1 Å². The van der Waals surface area contributed by atoms with Gasteiger partial charge in [-0.3, -0.25) is 0 Å². The highest BCUT2D eigenvalue weighted by molar-refractivity contribution is 7.12. The Labute approximate surface area is 115 Å². The monoisotopic (exact) mass is 266 g/mol. The molecule has 2 nitrogen and oxygen atoms in total. The van der Waals surface area contributed by atoms with Crippen molar-refractivity contribution in [2.24, 2.45) is 5.41 Å². The SMILES string of the molecule is Cc1cc(C(C)NC2CCNCC2(C)C)c(C)s1. The number of piperidine rings is 1. The fourth-order valence-corrected chi connectivity index (χ4v) is 3.97. The van der Waals surface area contributed by atoms with E-state index in [4.69, 9.17) is 0 Å². The Kier molecular flexibility index (Phi) is 4.15. The molecular weight excluding hydrogens is 240 g/mol. The number of hydrogen-bond acceptors (Lipinski definition) is 3. The number of rotatable bonds is 3. The maximum atomic E-state index is 3.85. The molecule has 0 spiro atoms. The minimum Gasteiger partial charge on any atom is -0.316 e. The zero-order chi connectivity index (χ0) is 13.3. The van der Waals surface area contributed by atoms with Crippen molar-refractivity contribution < 1.29 is 0 Å². The Morgan fingerprint density at radius 1 is 1.44 bits per heavy atom. The lowest BCUT2D eigenvalue weighted by Crippen LogP contribution is -2.53. The lowest BCUT2D eigenvalue weighted by atomic mass is 9.79. The molecule has 0 aromatic carbocycles. The molecule has 3 heteroatoms. The van der Waals surface area contributed by atoms with Gasteiger partial charge in [-0.1, -0.05) is 13.8 Å². The highest BCUT2D eigenvalue weighted by Gasteiger charge is 2.33. The van der Waals surface area contributed by atoms with E-state index in [0.29, 0.717) is 17.5 Å². The van der Waals surface area contributed by atoms with Crippen molar-refractivity contribution in [2.75, 3.05) is 13.1 Å². The van der Waals surface area contributed by atoms with Crippen molar-refractivity contribution >= 4 is 11.3 Å². The molecule has 1 aliphatic heterocycles. The van der Waals surface area contributed by atoms with Gasteiger partial charge in [0.1, 0.15) is 0 Å². The van der Waals surface area contributed by atoms with Crippen LogP contribution in [-0.2, 0) is 0 Å². The zero-order valence-corrected chi connectivity index (χ0v) is 13.1. The van der Waals surface area contributed by atoms with Crippen LogP contribution in [0.3, 0.4) is 0 Å². The Morgan fingerprint density at radius 3 is 2.72 bits per heavy atom. The van der Waals surface area contributed by atoms with E-state index in [0.717, 1.165) is 13.1 Å². The third kappa shape index (κ3) is 2.95. The van der Waals surface area contributed by atoms with E-state index in [-0.39, 0.29) is 0 Å². The van der Waals surface area contributed by atoms with Crippen molar-refractivity contribution in [3.8, 4) is 0 Å². The Bertz CT molecular complexity index is 409. The number of aryl methyl sites for hydroxylation is 2. The quantitative estimate of drug-likeness (QED) is 0.876. The normalized spacial score (nSPS) is 25.1. The van der Waals surface area contributed by atoms with Crippen LogP contribution in [0.1, 0.15) is 48.6 Å². The first-order chi connectivity index (χ1) is 8.40. The summed E-state index contributed by atoms with van der Waals surface area (Å²) in [6.45, 7) is 13.7. The molecule has 1 aliphatic rings. The number of thiophene rings is 1. The largest absolute Gasteiger partial charge is 0.316 e. The molecule has 2 unspecified atom stereocenters. The second-order valence-corrected chi connectivity index (χ2v) is 7.72. The van der Waals surface area contributed by atoms with Gasteiger partial charge in [0.15, 0.2) is 0 Å².